The van der Waals surface area contributed by atoms with E-state index >= 15 is 0 Å². The highest BCUT2D eigenvalue weighted by atomic mass is 16.5. The molecule has 0 fully saturated rings. The van der Waals surface area contributed by atoms with Crippen LogP contribution >= 0.6 is 0 Å². The first-order valence-electron chi connectivity index (χ1n) is 8.91. The third-order valence-corrected chi connectivity index (χ3v) is 3.70. The summed E-state index contributed by atoms with van der Waals surface area (Å²) in [4.78, 5) is 24.5. The van der Waals surface area contributed by atoms with Crippen LogP contribution in [0.3, 0.4) is 0 Å². The van der Waals surface area contributed by atoms with E-state index in [0.717, 1.165) is 5.56 Å². The first-order valence-corrected chi connectivity index (χ1v) is 8.91. The molecular weight excluding hydrogens is 330 g/mol. The van der Waals surface area contributed by atoms with Crippen LogP contribution in [0.2, 0.25) is 0 Å². The van der Waals surface area contributed by atoms with Crippen molar-refractivity contribution < 1.29 is 19.1 Å². The van der Waals surface area contributed by atoms with Crippen molar-refractivity contribution in [3.63, 3.8) is 0 Å². The molecule has 0 aliphatic carbocycles. The Bertz CT molecular complexity index is 622. The monoisotopic (exact) mass is 361 g/mol. The Kier molecular flexibility index (Phi) is 10.7. The lowest BCUT2D eigenvalue weighted by Crippen LogP contribution is -2.32. The molecule has 0 saturated carbocycles. The van der Waals surface area contributed by atoms with Crippen molar-refractivity contribution in [2.24, 2.45) is 0 Å². The van der Waals surface area contributed by atoms with Gasteiger partial charge in [-0.3, -0.25) is 0 Å². The second-order valence-corrected chi connectivity index (χ2v) is 5.03. The van der Waals surface area contributed by atoms with Crippen LogP contribution < -0.4 is 5.32 Å². The van der Waals surface area contributed by atoms with Gasteiger partial charge in [0.15, 0.2) is 0 Å². The number of ether oxygens (including phenoxy) is 2. The SMILES string of the molecule is CC.CC.COC(=O)C1=C(C)NC(C)=C(C(=O)OC)C1c1ccccc1. The maximum atomic E-state index is 12.2. The Hall–Kier alpha value is -2.56. The second-order valence-electron chi connectivity index (χ2n) is 5.03. The van der Waals surface area contributed by atoms with Gasteiger partial charge in [-0.15, -0.1) is 0 Å². The fraction of sp³-hybridized carbons (Fsp3) is 0.429. The fourth-order valence-electron chi connectivity index (χ4n) is 2.73. The molecule has 1 N–H and O–H groups in total. The van der Waals surface area contributed by atoms with Crippen molar-refractivity contribution in [1.29, 1.82) is 0 Å². The summed E-state index contributed by atoms with van der Waals surface area (Å²) in [5.41, 5.74) is 3.01. The molecule has 0 amide bonds. The minimum Gasteiger partial charge on any atom is -0.466 e. The Morgan fingerprint density at radius 1 is 0.808 bits per heavy atom. The number of hydrogen-bond acceptors (Lipinski definition) is 5. The smallest absolute Gasteiger partial charge is 0.336 e. The number of methoxy groups -OCH3 is 2. The summed E-state index contributed by atoms with van der Waals surface area (Å²) in [5, 5.41) is 3.07. The van der Waals surface area contributed by atoms with Gasteiger partial charge in [0.05, 0.1) is 31.3 Å². The molecule has 0 radical (unpaired) electrons. The summed E-state index contributed by atoms with van der Waals surface area (Å²) >= 11 is 0. The zero-order valence-electron chi connectivity index (χ0n) is 17.1. The number of carbonyl (C=O) groups is 2. The molecule has 1 aliphatic rings. The van der Waals surface area contributed by atoms with Crippen molar-refractivity contribution in [2.75, 3.05) is 14.2 Å². The predicted molar refractivity (Wildman–Crippen MR) is 104 cm³/mol. The number of nitrogens with one attached hydrogen (secondary N) is 1. The van der Waals surface area contributed by atoms with Crippen LogP contribution in [0.25, 0.3) is 0 Å². The summed E-state index contributed by atoms with van der Waals surface area (Å²) in [6, 6.07) is 9.37. The molecule has 0 aromatic heterocycles. The molecule has 0 unspecified atom stereocenters. The van der Waals surface area contributed by atoms with Crippen LogP contribution in [0.4, 0.5) is 0 Å². The fourth-order valence-corrected chi connectivity index (χ4v) is 2.73. The zero-order chi connectivity index (χ0) is 20.3. The molecule has 0 spiro atoms. The molecule has 0 saturated heterocycles. The maximum Gasteiger partial charge on any atom is 0.336 e. The van der Waals surface area contributed by atoms with Crippen molar-refractivity contribution >= 4 is 11.9 Å². The quantitative estimate of drug-likeness (QED) is 0.812. The summed E-state index contributed by atoms with van der Waals surface area (Å²) in [6.45, 7) is 11.6. The molecule has 1 aromatic rings. The van der Waals surface area contributed by atoms with Crippen molar-refractivity contribution in [2.45, 2.75) is 47.5 Å². The van der Waals surface area contributed by atoms with Gasteiger partial charge in [0, 0.05) is 11.4 Å². The maximum absolute atomic E-state index is 12.2. The van der Waals surface area contributed by atoms with Crippen LogP contribution in [0.1, 0.15) is 53.0 Å². The van der Waals surface area contributed by atoms with Gasteiger partial charge in [0.1, 0.15) is 0 Å². The number of hydrogen-bond donors (Lipinski definition) is 1. The van der Waals surface area contributed by atoms with Gasteiger partial charge in [-0.2, -0.15) is 0 Å². The van der Waals surface area contributed by atoms with Crippen LogP contribution in [-0.2, 0) is 19.1 Å². The van der Waals surface area contributed by atoms with Crippen molar-refractivity contribution in [3.05, 3.63) is 58.4 Å². The Labute approximate surface area is 157 Å². The highest BCUT2D eigenvalue weighted by molar-refractivity contribution is 5.99. The highest BCUT2D eigenvalue weighted by Crippen LogP contribution is 2.38. The van der Waals surface area contributed by atoms with Crippen LogP contribution in [0.15, 0.2) is 52.9 Å². The molecule has 26 heavy (non-hydrogen) atoms. The number of carbonyl (C=O) groups excluding carboxylic acids is 2. The third kappa shape index (κ3) is 5.22. The van der Waals surface area contributed by atoms with Crippen molar-refractivity contribution in [3.8, 4) is 0 Å². The lowest BCUT2D eigenvalue weighted by molar-refractivity contribution is -0.137. The number of benzene rings is 1. The summed E-state index contributed by atoms with van der Waals surface area (Å²) in [7, 11) is 2.65. The number of rotatable bonds is 3. The number of dihydropyridines is 1. The van der Waals surface area contributed by atoms with E-state index in [1.165, 1.54) is 14.2 Å². The predicted octanol–water partition coefficient (Wildman–Crippen LogP) is 4.32. The van der Waals surface area contributed by atoms with E-state index in [1.807, 2.05) is 58.0 Å². The molecule has 1 aliphatic heterocycles. The second kappa shape index (κ2) is 11.9. The summed E-state index contributed by atoms with van der Waals surface area (Å²) in [6.07, 6.45) is 0. The Morgan fingerprint density at radius 2 is 1.19 bits per heavy atom. The van der Waals surface area contributed by atoms with Gasteiger partial charge in [-0.05, 0) is 19.4 Å². The van der Waals surface area contributed by atoms with E-state index in [2.05, 4.69) is 5.32 Å². The van der Waals surface area contributed by atoms with Crippen LogP contribution in [-0.4, -0.2) is 26.2 Å². The standard InChI is InChI=1S/C17H19NO4.2C2H6/c1-10-13(16(19)21-3)15(12-8-6-5-7-9-12)14(11(2)18-10)17(20)22-4;2*1-2/h5-9,15,18H,1-4H3;2*1-2H3. The molecule has 5 nitrogen and oxygen atoms in total. The molecule has 144 valence electrons. The van der Waals surface area contributed by atoms with Crippen LogP contribution in [0.5, 0.6) is 0 Å². The molecule has 5 heteroatoms. The minimum absolute atomic E-state index is 0.416. The van der Waals surface area contributed by atoms with Crippen LogP contribution in [0, 0.1) is 0 Å². The molecule has 0 atom stereocenters. The van der Waals surface area contributed by atoms with Gasteiger partial charge >= 0.3 is 11.9 Å². The van der Waals surface area contributed by atoms with E-state index < -0.39 is 17.9 Å². The summed E-state index contributed by atoms with van der Waals surface area (Å²) in [5.74, 6) is -1.44. The molecular formula is C21H31NO4. The largest absolute Gasteiger partial charge is 0.466 e. The van der Waals surface area contributed by atoms with Gasteiger partial charge in [-0.25, -0.2) is 9.59 Å². The topological polar surface area (TPSA) is 64.6 Å². The van der Waals surface area contributed by atoms with Crippen molar-refractivity contribution in [1.82, 2.24) is 5.32 Å². The Balaban J connectivity index is 0.00000146. The average Bonchev–Trinajstić information content (AvgIpc) is 2.70. The first kappa shape index (κ1) is 23.4. The van der Waals surface area contributed by atoms with E-state index in [1.54, 1.807) is 13.8 Å². The highest BCUT2D eigenvalue weighted by Gasteiger charge is 2.37. The van der Waals surface area contributed by atoms with E-state index in [0.29, 0.717) is 22.5 Å². The molecule has 2 rings (SSSR count). The van der Waals surface area contributed by atoms with Gasteiger partial charge < -0.3 is 14.8 Å². The van der Waals surface area contributed by atoms with Gasteiger partial charge in [0.25, 0.3) is 0 Å². The third-order valence-electron chi connectivity index (χ3n) is 3.70. The minimum atomic E-state index is -0.512. The summed E-state index contributed by atoms with van der Waals surface area (Å²) < 4.78 is 9.79. The Morgan fingerprint density at radius 3 is 1.54 bits per heavy atom. The number of esters is 2. The van der Waals surface area contributed by atoms with E-state index in [9.17, 15) is 9.59 Å². The van der Waals surface area contributed by atoms with E-state index in [-0.39, 0.29) is 0 Å². The lowest BCUT2D eigenvalue weighted by Gasteiger charge is -2.30. The average molecular weight is 361 g/mol. The first-order chi connectivity index (χ1) is 12.5. The normalized spacial score (nSPS) is 13.5. The molecule has 1 aromatic carbocycles. The molecule has 0 bridgehead atoms. The number of allylic oxidation sites excluding steroid dienone is 2. The van der Waals surface area contributed by atoms with Gasteiger partial charge in [-0.1, -0.05) is 58.0 Å². The molecule has 1 heterocycles. The zero-order valence-corrected chi connectivity index (χ0v) is 17.1. The lowest BCUT2D eigenvalue weighted by atomic mass is 9.80. The van der Waals surface area contributed by atoms with E-state index in [4.69, 9.17) is 9.47 Å². The van der Waals surface area contributed by atoms with Gasteiger partial charge in [0.2, 0.25) is 0 Å².